The Morgan fingerprint density at radius 2 is 1.71 bits per heavy atom. The zero-order valence-corrected chi connectivity index (χ0v) is 16.2. The molecule has 0 aromatic heterocycles. The Bertz CT molecular complexity index is 611. The molecule has 1 N–H and O–H groups in total. The van der Waals surface area contributed by atoms with Crippen molar-refractivity contribution in [2.24, 2.45) is 0 Å². The average molecular weight is 452 g/mol. The third-order valence-corrected chi connectivity index (χ3v) is 4.58. The molecule has 0 radical (unpaired) electrons. The second-order valence-corrected chi connectivity index (χ2v) is 7.43. The van der Waals surface area contributed by atoms with Crippen LogP contribution in [0, 0.1) is 0 Å². The van der Waals surface area contributed by atoms with Crippen LogP contribution in [-0.2, 0) is 0 Å². The summed E-state index contributed by atoms with van der Waals surface area (Å²) in [6, 6.07) is 11.8. The second-order valence-electron chi connectivity index (χ2n) is 4.76. The smallest absolute Gasteiger partial charge is 0.0592 e. The third kappa shape index (κ3) is 4.70. The first-order chi connectivity index (χ1) is 10.0. The second kappa shape index (κ2) is 7.98. The van der Waals surface area contributed by atoms with Crippen LogP contribution in [0.25, 0.3) is 0 Å². The van der Waals surface area contributed by atoms with Gasteiger partial charge in [0.15, 0.2) is 0 Å². The number of nitrogens with one attached hydrogen (secondary N) is 1. The van der Waals surface area contributed by atoms with Crippen molar-refractivity contribution in [3.8, 4) is 0 Å². The minimum atomic E-state index is 0.00458. The molecule has 0 saturated heterocycles. The van der Waals surface area contributed by atoms with Crippen LogP contribution in [0.4, 0.5) is 0 Å². The summed E-state index contributed by atoms with van der Waals surface area (Å²) in [4.78, 5) is 0. The van der Waals surface area contributed by atoms with E-state index in [0.717, 1.165) is 33.0 Å². The predicted octanol–water partition coefficient (Wildman–Crippen LogP) is 6.61. The number of hydrogen-bond donors (Lipinski definition) is 1. The minimum Gasteiger partial charge on any atom is -0.306 e. The fraction of sp³-hybridized carbons (Fsp3) is 0.250. The van der Waals surface area contributed by atoms with Gasteiger partial charge in [-0.3, -0.25) is 0 Å². The standard InChI is InChI=1S/C16H15Br2Cl2N/c1-2-5-21-16(10-6-11(17)8-12(18)7-10)14-9-13(19)3-4-15(14)20/h3-4,6-9,16,21H,2,5H2,1H3. The number of rotatable bonds is 5. The van der Waals surface area contributed by atoms with Gasteiger partial charge >= 0.3 is 0 Å². The molecule has 0 aliphatic rings. The van der Waals surface area contributed by atoms with Gasteiger partial charge < -0.3 is 5.32 Å². The Labute approximate surface area is 152 Å². The van der Waals surface area contributed by atoms with Gasteiger partial charge in [0.2, 0.25) is 0 Å². The van der Waals surface area contributed by atoms with Crippen molar-refractivity contribution >= 4 is 55.1 Å². The summed E-state index contributed by atoms with van der Waals surface area (Å²) in [5.41, 5.74) is 2.12. The van der Waals surface area contributed by atoms with E-state index in [4.69, 9.17) is 23.2 Å². The number of hydrogen-bond acceptors (Lipinski definition) is 1. The van der Waals surface area contributed by atoms with Crippen molar-refractivity contribution in [3.63, 3.8) is 0 Å². The Morgan fingerprint density at radius 3 is 2.33 bits per heavy atom. The van der Waals surface area contributed by atoms with E-state index in [1.54, 1.807) is 6.07 Å². The van der Waals surface area contributed by atoms with E-state index in [-0.39, 0.29) is 6.04 Å². The van der Waals surface area contributed by atoms with Crippen LogP contribution in [0.2, 0.25) is 10.0 Å². The van der Waals surface area contributed by atoms with Gasteiger partial charge in [0, 0.05) is 19.0 Å². The zero-order chi connectivity index (χ0) is 15.4. The molecule has 2 aromatic carbocycles. The SMILES string of the molecule is CCCNC(c1cc(Br)cc(Br)c1)c1cc(Cl)ccc1Cl. The van der Waals surface area contributed by atoms with Crippen molar-refractivity contribution in [1.82, 2.24) is 5.32 Å². The predicted molar refractivity (Wildman–Crippen MR) is 98.4 cm³/mol. The maximum atomic E-state index is 6.38. The van der Waals surface area contributed by atoms with Crippen molar-refractivity contribution in [2.45, 2.75) is 19.4 Å². The van der Waals surface area contributed by atoms with Crippen molar-refractivity contribution in [3.05, 3.63) is 66.5 Å². The number of halogens is 4. The van der Waals surface area contributed by atoms with Gasteiger partial charge in [-0.2, -0.15) is 0 Å². The molecule has 1 unspecified atom stereocenters. The van der Waals surface area contributed by atoms with Gasteiger partial charge in [-0.25, -0.2) is 0 Å². The summed E-state index contributed by atoms with van der Waals surface area (Å²) in [5, 5.41) is 4.94. The van der Waals surface area contributed by atoms with Crippen molar-refractivity contribution < 1.29 is 0 Å². The van der Waals surface area contributed by atoms with Gasteiger partial charge in [-0.05, 0) is 60.5 Å². The molecule has 112 valence electrons. The zero-order valence-electron chi connectivity index (χ0n) is 11.5. The van der Waals surface area contributed by atoms with E-state index < -0.39 is 0 Å². The maximum absolute atomic E-state index is 6.38. The van der Waals surface area contributed by atoms with Crippen molar-refractivity contribution in [2.75, 3.05) is 6.54 Å². The monoisotopic (exact) mass is 449 g/mol. The Morgan fingerprint density at radius 1 is 1.05 bits per heavy atom. The summed E-state index contributed by atoms with van der Waals surface area (Å²) >= 11 is 19.6. The fourth-order valence-electron chi connectivity index (χ4n) is 2.17. The summed E-state index contributed by atoms with van der Waals surface area (Å²) in [7, 11) is 0. The molecule has 21 heavy (non-hydrogen) atoms. The minimum absolute atomic E-state index is 0.00458. The van der Waals surface area contributed by atoms with E-state index in [1.807, 2.05) is 18.2 Å². The van der Waals surface area contributed by atoms with Gasteiger partial charge in [-0.15, -0.1) is 0 Å². The van der Waals surface area contributed by atoms with Gasteiger partial charge in [0.05, 0.1) is 6.04 Å². The van der Waals surface area contributed by atoms with Crippen LogP contribution >= 0.6 is 55.1 Å². The highest BCUT2D eigenvalue weighted by molar-refractivity contribution is 9.11. The first-order valence-electron chi connectivity index (χ1n) is 6.65. The highest BCUT2D eigenvalue weighted by Crippen LogP contribution is 2.33. The normalized spacial score (nSPS) is 12.4. The molecule has 0 amide bonds. The lowest BCUT2D eigenvalue weighted by atomic mass is 9.98. The lowest BCUT2D eigenvalue weighted by Crippen LogP contribution is -2.23. The van der Waals surface area contributed by atoms with E-state index in [1.165, 1.54) is 0 Å². The molecule has 5 heteroatoms. The molecule has 0 saturated carbocycles. The summed E-state index contributed by atoms with van der Waals surface area (Å²) < 4.78 is 2.04. The lowest BCUT2D eigenvalue weighted by Gasteiger charge is -2.21. The Balaban J connectivity index is 2.49. The van der Waals surface area contributed by atoms with Crippen LogP contribution in [0.3, 0.4) is 0 Å². The summed E-state index contributed by atoms with van der Waals surface area (Å²) in [6.45, 7) is 3.04. The first-order valence-corrected chi connectivity index (χ1v) is 8.99. The first kappa shape index (κ1) is 17.3. The lowest BCUT2D eigenvalue weighted by molar-refractivity contribution is 0.598. The van der Waals surface area contributed by atoms with E-state index in [9.17, 15) is 0 Å². The molecule has 0 bridgehead atoms. The highest BCUT2D eigenvalue weighted by atomic mass is 79.9. The van der Waals surface area contributed by atoms with E-state index >= 15 is 0 Å². The Hall–Kier alpha value is -0.0600. The van der Waals surface area contributed by atoms with Crippen LogP contribution < -0.4 is 5.32 Å². The molecule has 2 rings (SSSR count). The molecule has 0 heterocycles. The fourth-order valence-corrected chi connectivity index (χ4v) is 3.91. The average Bonchev–Trinajstić information content (AvgIpc) is 2.42. The molecular formula is C16H15Br2Cl2N. The molecule has 0 aliphatic heterocycles. The molecule has 0 aliphatic carbocycles. The molecule has 2 aromatic rings. The topological polar surface area (TPSA) is 12.0 Å². The number of benzene rings is 2. The highest BCUT2D eigenvalue weighted by Gasteiger charge is 2.17. The van der Waals surface area contributed by atoms with Gasteiger partial charge in [-0.1, -0.05) is 62.0 Å². The molecule has 1 atom stereocenters. The molecule has 0 spiro atoms. The van der Waals surface area contributed by atoms with Crippen molar-refractivity contribution in [1.29, 1.82) is 0 Å². The van der Waals surface area contributed by atoms with Gasteiger partial charge in [0.1, 0.15) is 0 Å². The molecule has 1 nitrogen and oxygen atoms in total. The van der Waals surface area contributed by atoms with Crippen LogP contribution in [0.5, 0.6) is 0 Å². The largest absolute Gasteiger partial charge is 0.306 e. The van der Waals surface area contributed by atoms with E-state index in [2.05, 4.69) is 56.2 Å². The van der Waals surface area contributed by atoms with E-state index in [0.29, 0.717) is 10.0 Å². The van der Waals surface area contributed by atoms with Gasteiger partial charge in [0.25, 0.3) is 0 Å². The summed E-state index contributed by atoms with van der Waals surface area (Å²) in [6.07, 6.45) is 1.05. The van der Waals surface area contributed by atoms with Crippen LogP contribution in [0.1, 0.15) is 30.5 Å². The van der Waals surface area contributed by atoms with Crippen LogP contribution in [0.15, 0.2) is 45.3 Å². The van der Waals surface area contributed by atoms with Crippen LogP contribution in [-0.4, -0.2) is 6.54 Å². The quantitative estimate of drug-likeness (QED) is 0.539. The maximum Gasteiger partial charge on any atom is 0.0592 e. The third-order valence-electron chi connectivity index (χ3n) is 3.09. The molecule has 0 fully saturated rings. The Kier molecular flexibility index (Phi) is 6.57. The molecular weight excluding hydrogens is 437 g/mol. The summed E-state index contributed by atoms with van der Waals surface area (Å²) in [5.74, 6) is 0.